The third-order valence-corrected chi connectivity index (χ3v) is 22.1. The summed E-state index contributed by atoms with van der Waals surface area (Å²) in [6, 6.07) is 39.7. The number of fused-ring (bicyclic) bond motifs is 6. The quantitative estimate of drug-likeness (QED) is 0.0841. The Hall–Kier alpha value is -4.61. The largest absolute Gasteiger partial charge is 0.505 e. The fourth-order valence-electron chi connectivity index (χ4n) is 14.8. The maximum absolute atomic E-state index is 14.5. The summed E-state index contributed by atoms with van der Waals surface area (Å²) in [5.74, 6) is -1.55. The summed E-state index contributed by atoms with van der Waals surface area (Å²) in [6.45, 7) is 54.3. The minimum atomic E-state index is -2.80. The molecule has 0 amide bonds. The van der Waals surface area contributed by atoms with E-state index < -0.39 is 19.9 Å². The summed E-state index contributed by atoms with van der Waals surface area (Å²) in [5, 5.41) is 33.9. The van der Waals surface area contributed by atoms with Crippen molar-refractivity contribution in [3.05, 3.63) is 186 Å². The van der Waals surface area contributed by atoms with Gasteiger partial charge in [-0.3, -0.25) is 0 Å². The first-order valence-electron chi connectivity index (χ1n) is 33.9. The van der Waals surface area contributed by atoms with Gasteiger partial charge in [0.1, 0.15) is 25.6 Å². The van der Waals surface area contributed by atoms with Gasteiger partial charge in [-0.05, 0) is 192 Å². The van der Waals surface area contributed by atoms with Gasteiger partial charge in [0.05, 0.1) is 28.0 Å². The molecule has 0 saturated carbocycles. The summed E-state index contributed by atoms with van der Waals surface area (Å²) in [4.78, 5) is 0. The number of hydrogen-bond donors (Lipinski definition) is 2. The van der Waals surface area contributed by atoms with Crippen LogP contribution in [0.3, 0.4) is 0 Å². The number of halogens is 4. The number of benzene rings is 7. The van der Waals surface area contributed by atoms with Crippen molar-refractivity contribution in [2.45, 2.75) is 217 Å². The maximum atomic E-state index is 14.5. The van der Waals surface area contributed by atoms with Crippen molar-refractivity contribution in [1.29, 1.82) is 0 Å². The van der Waals surface area contributed by atoms with Crippen LogP contribution in [0.15, 0.2) is 133 Å². The van der Waals surface area contributed by atoms with E-state index in [9.17, 15) is 10.2 Å². The van der Waals surface area contributed by atoms with Gasteiger partial charge in [0.2, 0.25) is 5.79 Å². The molecule has 0 bridgehead atoms. The number of aromatic nitrogens is 2. The van der Waals surface area contributed by atoms with Crippen molar-refractivity contribution >= 4 is 104 Å². The van der Waals surface area contributed by atoms with Crippen molar-refractivity contribution in [2.75, 3.05) is 12.5 Å². The molecule has 0 saturated heterocycles. The molecular formula is C84H104Cl4HfN2O4Si. The number of aliphatic hydroxyl groups is 1. The van der Waals surface area contributed by atoms with E-state index in [1.807, 2.05) is 18.2 Å². The Morgan fingerprint density at radius 2 is 0.896 bits per heavy atom. The van der Waals surface area contributed by atoms with Gasteiger partial charge in [0, 0.05) is 96.4 Å². The SMILES string of the molecule is CC(C)(C)CC(C)(C)C1=CC(n2c3ccc(C(C)(C)C)cc3c3cc(C(C)(C)C)ccc32)C(O)(OC[Si](C)(C)COc2c(Cl)cc(Cl)cc2-c2cc(C(C)(C)CC(C)(C)C)cc(-n3c4ccc(C(C)(C)C)cc4c4cc(C(C)(C)C)ccc43)c2O)C(c2cc(Cl)cc(Cl)c2)=C1.[Hf]. The molecular weight excluding hydrogens is 1450 g/mol. The van der Waals surface area contributed by atoms with Gasteiger partial charge < -0.3 is 28.8 Å². The fourth-order valence-corrected chi connectivity index (χ4v) is 17.2. The van der Waals surface area contributed by atoms with Crippen LogP contribution in [0.25, 0.3) is 66.0 Å². The summed E-state index contributed by atoms with van der Waals surface area (Å²) < 4.78 is 19.2. The number of phenols is 1. The first kappa shape index (κ1) is 75.6. The molecule has 2 heterocycles. The Kier molecular flexibility index (Phi) is 20.5. The van der Waals surface area contributed by atoms with Gasteiger partial charge in [0.25, 0.3) is 0 Å². The predicted octanol–water partition coefficient (Wildman–Crippen LogP) is 25.4. The number of rotatable bonds is 14. The number of hydrogen-bond acceptors (Lipinski definition) is 4. The normalized spacial score (nSPS) is 16.6. The molecule has 9 aromatic rings. The van der Waals surface area contributed by atoms with Crippen LogP contribution < -0.4 is 4.74 Å². The van der Waals surface area contributed by atoms with E-state index >= 15 is 0 Å². The minimum absolute atomic E-state index is 0. The van der Waals surface area contributed by atoms with Crippen LogP contribution in [-0.4, -0.2) is 45.7 Å². The zero-order chi connectivity index (χ0) is 70.3. The van der Waals surface area contributed by atoms with Gasteiger partial charge >= 0.3 is 0 Å². The van der Waals surface area contributed by atoms with Crippen LogP contribution in [0, 0.1) is 16.2 Å². The van der Waals surface area contributed by atoms with Gasteiger partial charge in [-0.25, -0.2) is 0 Å². The van der Waals surface area contributed by atoms with Crippen LogP contribution in [0.4, 0.5) is 0 Å². The zero-order valence-corrected chi connectivity index (χ0v) is 69.3. The minimum Gasteiger partial charge on any atom is -0.505 e. The second-order valence-electron chi connectivity index (χ2n) is 36.3. The molecule has 1 aliphatic carbocycles. The first-order valence-corrected chi connectivity index (χ1v) is 38.8. The number of aromatic hydroxyl groups is 1. The second kappa shape index (κ2) is 26.1. The zero-order valence-electron chi connectivity index (χ0n) is 61.6. The Balaban J connectivity index is 0.0000108. The maximum Gasteiger partial charge on any atom is 0.217 e. The van der Waals surface area contributed by atoms with Gasteiger partial charge in [-0.2, -0.15) is 0 Å². The average Bonchev–Trinajstić information content (AvgIpc) is 1.51. The van der Waals surface area contributed by atoms with Crippen molar-refractivity contribution < 1.29 is 45.5 Å². The van der Waals surface area contributed by atoms with Crippen molar-refractivity contribution in [2.24, 2.45) is 16.2 Å². The standard InChI is InChI=1S/C84H104Cl4N2O4Si.Hf/c1-76(2,3)46-82(19,20)55-39-64(74(91)72(41-55)89-68-29-25-51(78(7,8)9)35-60(68)61-36-52(79(10,11)12)26-30-69(61)89)65-44-59(87)45-67(88)75(65)93-48-95(23,24)49-94-84(92)66(50-33-57(85)43-58(86)34-50)40-56(83(21,22)47-77(4,5)6)42-73(84)90-70-31-27-53(80(13,14)15)37-62(70)63-38-54(81(16,17)18)28-32-71(63)90;/h25-45,73,91-92H,46-49H2,1-24H3;. The van der Waals surface area contributed by atoms with E-state index in [2.05, 4.69) is 272 Å². The number of ether oxygens (including phenoxy) is 2. The molecule has 2 unspecified atom stereocenters. The van der Waals surface area contributed by atoms with Crippen LogP contribution in [0.1, 0.15) is 205 Å². The molecule has 7 aromatic carbocycles. The summed E-state index contributed by atoms with van der Waals surface area (Å²) >= 11 is 28.5. The van der Waals surface area contributed by atoms with E-state index in [1.54, 1.807) is 12.1 Å². The van der Waals surface area contributed by atoms with Crippen LogP contribution >= 0.6 is 46.4 Å². The fraction of sp³-hybridized carbons (Fsp3) is 0.452. The topological polar surface area (TPSA) is 68.8 Å². The molecule has 12 heteroatoms. The molecule has 510 valence electrons. The molecule has 6 nitrogen and oxygen atoms in total. The second-order valence-corrected chi connectivity index (χ2v) is 42.9. The molecule has 2 aromatic heterocycles. The molecule has 2 N–H and O–H groups in total. The Morgan fingerprint density at radius 1 is 0.479 bits per heavy atom. The van der Waals surface area contributed by atoms with E-state index in [1.165, 1.54) is 22.3 Å². The van der Waals surface area contributed by atoms with Crippen molar-refractivity contribution in [3.8, 4) is 28.3 Å². The molecule has 1 aliphatic rings. The van der Waals surface area contributed by atoms with Crippen LogP contribution in [0.2, 0.25) is 33.2 Å². The van der Waals surface area contributed by atoms with E-state index in [4.69, 9.17) is 55.9 Å². The van der Waals surface area contributed by atoms with Crippen molar-refractivity contribution in [3.63, 3.8) is 0 Å². The molecule has 0 spiro atoms. The third kappa shape index (κ3) is 15.5. The molecule has 2 atom stereocenters. The van der Waals surface area contributed by atoms with Gasteiger partial charge in [0.15, 0.2) is 0 Å². The Morgan fingerprint density at radius 3 is 1.33 bits per heavy atom. The molecule has 10 rings (SSSR count). The van der Waals surface area contributed by atoms with Gasteiger partial charge in [-0.1, -0.05) is 242 Å². The number of phenolic OH excluding ortho intramolecular Hbond substituents is 1. The van der Waals surface area contributed by atoms with E-state index in [0.29, 0.717) is 53.8 Å². The Bertz CT molecular complexity index is 4400. The third-order valence-electron chi connectivity index (χ3n) is 19.3. The van der Waals surface area contributed by atoms with E-state index in [0.717, 1.165) is 67.6 Å². The molecule has 0 radical (unpaired) electrons. The van der Waals surface area contributed by atoms with Crippen LogP contribution in [-0.2, 0) is 57.7 Å². The first-order chi connectivity index (χ1) is 43.5. The summed E-state index contributed by atoms with van der Waals surface area (Å²) in [7, 11) is -2.80. The van der Waals surface area contributed by atoms with E-state index in [-0.39, 0.29) is 87.4 Å². The molecule has 0 fully saturated rings. The summed E-state index contributed by atoms with van der Waals surface area (Å²) in [5.41, 5.74) is 12.6. The monoisotopic (exact) mass is 1550 g/mol. The van der Waals surface area contributed by atoms with Crippen LogP contribution in [0.5, 0.6) is 11.5 Å². The smallest absolute Gasteiger partial charge is 0.217 e. The Labute approximate surface area is 613 Å². The summed E-state index contributed by atoms with van der Waals surface area (Å²) in [6.07, 6.45) is 6.45. The molecule has 96 heavy (non-hydrogen) atoms. The number of nitrogens with zero attached hydrogens (tertiary/aromatic N) is 2. The number of allylic oxidation sites excluding steroid dienone is 2. The molecule has 0 aliphatic heterocycles. The average molecular weight is 1550 g/mol. The van der Waals surface area contributed by atoms with Crippen molar-refractivity contribution in [1.82, 2.24) is 9.13 Å². The van der Waals surface area contributed by atoms with Gasteiger partial charge in [-0.15, -0.1) is 0 Å². The predicted molar refractivity (Wildman–Crippen MR) is 413 cm³/mol.